The van der Waals surface area contributed by atoms with Gasteiger partial charge in [-0.05, 0) is 43.9 Å². The van der Waals surface area contributed by atoms with Gasteiger partial charge in [0.05, 0.1) is 16.4 Å². The summed E-state index contributed by atoms with van der Waals surface area (Å²) >= 11 is 0. The van der Waals surface area contributed by atoms with Crippen molar-refractivity contribution in [3.05, 3.63) is 29.3 Å². The lowest BCUT2D eigenvalue weighted by molar-refractivity contribution is -0.144. The molecule has 3 rings (SSSR count). The highest BCUT2D eigenvalue weighted by Crippen LogP contribution is 2.38. The van der Waals surface area contributed by atoms with Gasteiger partial charge in [0.2, 0.25) is 15.9 Å². The SMILES string of the molecule is Cc1ccc(C)c(S(=O)(=O)N2CCC3(CC2)NC(=O)C[C@H]3C(=O)O)c1. The molecule has 2 aliphatic heterocycles. The summed E-state index contributed by atoms with van der Waals surface area (Å²) in [5, 5.41) is 12.2. The van der Waals surface area contributed by atoms with Gasteiger partial charge in [-0.1, -0.05) is 12.1 Å². The van der Waals surface area contributed by atoms with E-state index in [9.17, 15) is 23.1 Å². The molecule has 0 bridgehead atoms. The van der Waals surface area contributed by atoms with Crippen molar-refractivity contribution in [2.75, 3.05) is 13.1 Å². The monoisotopic (exact) mass is 366 g/mol. The standard InChI is InChI=1S/C17H22N2O5S/c1-11-3-4-12(2)14(9-11)25(23,24)19-7-5-17(6-8-19)13(16(21)22)10-15(20)18-17/h3-4,9,13H,5-8,10H2,1-2H3,(H,18,20)(H,21,22)/t13-/m0/s1. The van der Waals surface area contributed by atoms with Gasteiger partial charge in [-0.2, -0.15) is 4.31 Å². The molecule has 0 saturated carbocycles. The molecule has 2 saturated heterocycles. The van der Waals surface area contributed by atoms with E-state index < -0.39 is 27.4 Å². The molecule has 0 unspecified atom stereocenters. The van der Waals surface area contributed by atoms with Crippen molar-refractivity contribution in [3.63, 3.8) is 0 Å². The number of carboxylic acid groups (broad SMARTS) is 1. The van der Waals surface area contributed by atoms with Crippen LogP contribution in [0.4, 0.5) is 0 Å². The Morgan fingerprint density at radius 2 is 1.92 bits per heavy atom. The third-order valence-corrected chi connectivity index (χ3v) is 7.36. The second kappa shape index (κ2) is 6.10. The van der Waals surface area contributed by atoms with E-state index in [1.165, 1.54) is 4.31 Å². The fourth-order valence-electron chi connectivity index (χ4n) is 3.84. The van der Waals surface area contributed by atoms with Crippen LogP contribution in [0.5, 0.6) is 0 Å². The summed E-state index contributed by atoms with van der Waals surface area (Å²) < 4.78 is 27.3. The predicted octanol–water partition coefficient (Wildman–Crippen LogP) is 1.05. The number of carboxylic acids is 1. The first-order valence-corrected chi connectivity index (χ1v) is 9.71. The van der Waals surface area contributed by atoms with Crippen molar-refractivity contribution in [1.29, 1.82) is 0 Å². The molecule has 2 N–H and O–H groups in total. The van der Waals surface area contributed by atoms with E-state index in [1.807, 2.05) is 13.0 Å². The van der Waals surface area contributed by atoms with Gasteiger partial charge in [0.15, 0.2) is 0 Å². The second-order valence-corrected chi connectivity index (χ2v) is 8.88. The Balaban J connectivity index is 1.83. The molecule has 1 amide bonds. The van der Waals surface area contributed by atoms with E-state index in [0.29, 0.717) is 18.4 Å². The third kappa shape index (κ3) is 3.04. The number of amides is 1. The molecule has 2 fully saturated rings. The van der Waals surface area contributed by atoms with Crippen molar-refractivity contribution >= 4 is 21.9 Å². The van der Waals surface area contributed by atoms with Gasteiger partial charge in [0, 0.05) is 19.5 Å². The minimum Gasteiger partial charge on any atom is -0.481 e. The number of piperidine rings is 1. The molecule has 0 aromatic heterocycles. The van der Waals surface area contributed by atoms with E-state index >= 15 is 0 Å². The van der Waals surface area contributed by atoms with Crippen LogP contribution in [0.1, 0.15) is 30.4 Å². The van der Waals surface area contributed by atoms with Crippen LogP contribution in [-0.4, -0.2) is 48.3 Å². The van der Waals surface area contributed by atoms with Crippen LogP contribution in [0, 0.1) is 19.8 Å². The molecule has 1 aromatic rings. The second-order valence-electron chi connectivity index (χ2n) is 6.97. The number of sulfonamides is 1. The zero-order valence-electron chi connectivity index (χ0n) is 14.3. The number of nitrogens with zero attached hydrogens (tertiary/aromatic N) is 1. The number of aryl methyl sites for hydroxylation is 2. The summed E-state index contributed by atoms with van der Waals surface area (Å²) in [7, 11) is -3.64. The lowest BCUT2D eigenvalue weighted by Gasteiger charge is -2.40. The molecule has 8 heteroatoms. The Morgan fingerprint density at radius 1 is 1.28 bits per heavy atom. The maximum atomic E-state index is 13.0. The summed E-state index contributed by atoms with van der Waals surface area (Å²) in [5.41, 5.74) is 0.714. The molecular weight excluding hydrogens is 344 g/mol. The van der Waals surface area contributed by atoms with Crippen molar-refractivity contribution in [2.45, 2.75) is 43.5 Å². The molecule has 1 atom stereocenters. The summed E-state index contributed by atoms with van der Waals surface area (Å²) in [6.45, 7) is 3.99. The van der Waals surface area contributed by atoms with Gasteiger partial charge in [-0.15, -0.1) is 0 Å². The largest absolute Gasteiger partial charge is 0.481 e. The Morgan fingerprint density at radius 3 is 2.52 bits per heavy atom. The molecule has 0 radical (unpaired) electrons. The van der Waals surface area contributed by atoms with Gasteiger partial charge in [0.1, 0.15) is 0 Å². The predicted molar refractivity (Wildman–Crippen MR) is 90.5 cm³/mol. The Bertz CT molecular complexity index is 825. The number of aliphatic carboxylic acids is 1. The number of rotatable bonds is 3. The minimum atomic E-state index is -3.64. The summed E-state index contributed by atoms with van der Waals surface area (Å²) in [5.74, 6) is -2.09. The molecular formula is C17H22N2O5S. The maximum Gasteiger partial charge on any atom is 0.309 e. The van der Waals surface area contributed by atoms with Gasteiger partial charge in [-0.3, -0.25) is 9.59 Å². The van der Waals surface area contributed by atoms with Crippen LogP contribution in [0.15, 0.2) is 23.1 Å². The fraction of sp³-hybridized carbons (Fsp3) is 0.529. The van der Waals surface area contributed by atoms with Gasteiger partial charge >= 0.3 is 5.97 Å². The number of nitrogens with one attached hydrogen (secondary N) is 1. The Kier molecular flexibility index (Phi) is 4.36. The van der Waals surface area contributed by atoms with Crippen LogP contribution in [-0.2, 0) is 19.6 Å². The normalized spacial score (nSPS) is 23.6. The van der Waals surface area contributed by atoms with Crippen molar-refractivity contribution in [3.8, 4) is 0 Å². The van der Waals surface area contributed by atoms with Crippen LogP contribution >= 0.6 is 0 Å². The molecule has 7 nitrogen and oxygen atoms in total. The molecule has 136 valence electrons. The van der Waals surface area contributed by atoms with Gasteiger partial charge in [0.25, 0.3) is 0 Å². The average molecular weight is 366 g/mol. The van der Waals surface area contributed by atoms with Crippen LogP contribution in [0.25, 0.3) is 0 Å². The first-order chi connectivity index (χ1) is 11.7. The van der Waals surface area contributed by atoms with E-state index in [-0.39, 0.29) is 30.3 Å². The van der Waals surface area contributed by atoms with E-state index in [2.05, 4.69) is 5.32 Å². The molecule has 2 heterocycles. The van der Waals surface area contributed by atoms with E-state index in [4.69, 9.17) is 0 Å². The first kappa shape index (κ1) is 17.9. The molecule has 25 heavy (non-hydrogen) atoms. The Hall–Kier alpha value is -1.93. The molecule has 1 aromatic carbocycles. The lowest BCUT2D eigenvalue weighted by Crippen LogP contribution is -2.56. The zero-order valence-corrected chi connectivity index (χ0v) is 15.1. The highest BCUT2D eigenvalue weighted by molar-refractivity contribution is 7.89. The molecule has 2 aliphatic rings. The number of carbonyl (C=O) groups is 2. The number of hydrogen-bond donors (Lipinski definition) is 2. The number of hydrogen-bond acceptors (Lipinski definition) is 4. The van der Waals surface area contributed by atoms with Crippen LogP contribution in [0.3, 0.4) is 0 Å². The zero-order chi connectivity index (χ0) is 18.4. The van der Waals surface area contributed by atoms with E-state index in [1.54, 1.807) is 19.1 Å². The van der Waals surface area contributed by atoms with Crippen LogP contribution < -0.4 is 5.32 Å². The van der Waals surface area contributed by atoms with Gasteiger partial charge in [-0.25, -0.2) is 8.42 Å². The quantitative estimate of drug-likeness (QED) is 0.832. The van der Waals surface area contributed by atoms with Crippen LogP contribution in [0.2, 0.25) is 0 Å². The highest BCUT2D eigenvalue weighted by Gasteiger charge is 2.52. The smallest absolute Gasteiger partial charge is 0.309 e. The maximum absolute atomic E-state index is 13.0. The summed E-state index contributed by atoms with van der Waals surface area (Å²) in [6, 6.07) is 5.31. The summed E-state index contributed by atoms with van der Waals surface area (Å²) in [4.78, 5) is 23.5. The highest BCUT2D eigenvalue weighted by atomic mass is 32.2. The molecule has 1 spiro atoms. The third-order valence-electron chi connectivity index (χ3n) is 5.32. The van der Waals surface area contributed by atoms with E-state index in [0.717, 1.165) is 5.56 Å². The number of benzene rings is 1. The number of carbonyl (C=O) groups excluding carboxylic acids is 1. The lowest BCUT2D eigenvalue weighted by atomic mass is 9.78. The van der Waals surface area contributed by atoms with Crippen molar-refractivity contribution < 1.29 is 23.1 Å². The summed E-state index contributed by atoms with van der Waals surface area (Å²) in [6.07, 6.45) is 0.568. The Labute approximate surface area is 147 Å². The minimum absolute atomic E-state index is 0.0426. The van der Waals surface area contributed by atoms with Gasteiger partial charge < -0.3 is 10.4 Å². The van der Waals surface area contributed by atoms with Crippen molar-refractivity contribution in [2.24, 2.45) is 5.92 Å². The molecule has 0 aliphatic carbocycles. The topological polar surface area (TPSA) is 104 Å². The van der Waals surface area contributed by atoms with Crippen molar-refractivity contribution in [1.82, 2.24) is 9.62 Å². The average Bonchev–Trinajstić information content (AvgIpc) is 2.86. The fourth-order valence-corrected chi connectivity index (χ4v) is 5.59. The first-order valence-electron chi connectivity index (χ1n) is 8.27.